The Hall–Kier alpha value is -2.44. The Kier molecular flexibility index (Phi) is 7.88. The van der Waals surface area contributed by atoms with Crippen LogP contribution in [0.5, 0.6) is 17.2 Å². The maximum absolute atomic E-state index is 12.0. The van der Waals surface area contributed by atoms with E-state index in [4.69, 9.17) is 14.2 Å². The molecule has 134 valence electrons. The topological polar surface area (TPSA) is 77.1 Å². The van der Waals surface area contributed by atoms with Gasteiger partial charge in [0.25, 0.3) is 0 Å². The van der Waals surface area contributed by atoms with E-state index in [9.17, 15) is 9.59 Å². The number of carbonyl (C=O) groups is 2. The molecule has 0 fully saturated rings. The smallest absolute Gasteiger partial charge is 0.223 e. The zero-order valence-electron chi connectivity index (χ0n) is 15.0. The van der Waals surface area contributed by atoms with E-state index in [1.165, 1.54) is 28.3 Å². The molecule has 0 saturated carbocycles. The summed E-state index contributed by atoms with van der Waals surface area (Å²) in [5.74, 6) is 1.23. The quantitative estimate of drug-likeness (QED) is 0.745. The van der Waals surface area contributed by atoms with Gasteiger partial charge in [0.05, 0.1) is 27.0 Å². The van der Waals surface area contributed by atoms with Crippen LogP contribution in [0, 0.1) is 0 Å². The van der Waals surface area contributed by atoms with Crippen molar-refractivity contribution in [3.63, 3.8) is 0 Å². The highest BCUT2D eigenvalue weighted by atomic mass is 16.5. The molecule has 1 N–H and O–H groups in total. The van der Waals surface area contributed by atoms with Crippen molar-refractivity contribution in [1.29, 1.82) is 0 Å². The summed E-state index contributed by atoms with van der Waals surface area (Å²) in [6.07, 6.45) is 1.26. The van der Waals surface area contributed by atoms with E-state index in [0.29, 0.717) is 42.4 Å². The lowest BCUT2D eigenvalue weighted by atomic mass is 10.2. The molecule has 7 heteroatoms. The minimum absolute atomic E-state index is 0.0223. The largest absolute Gasteiger partial charge is 0.493 e. The third-order valence-electron chi connectivity index (χ3n) is 3.48. The summed E-state index contributed by atoms with van der Waals surface area (Å²) in [5, 5.41) is 2.80. The average Bonchev–Trinajstić information content (AvgIpc) is 2.57. The van der Waals surface area contributed by atoms with Crippen molar-refractivity contribution in [1.82, 2.24) is 5.32 Å². The van der Waals surface area contributed by atoms with Gasteiger partial charge < -0.3 is 24.4 Å². The standard InChI is InChI=1S/C17H26N2O5/c1-6-7-16(21)18-8-9-19(12(2)20)13-10-14(22-3)17(24-5)15(11-13)23-4/h10-11H,6-9H2,1-5H3,(H,18,21). The maximum atomic E-state index is 12.0. The van der Waals surface area contributed by atoms with Crippen LogP contribution in [0.3, 0.4) is 0 Å². The summed E-state index contributed by atoms with van der Waals surface area (Å²) in [4.78, 5) is 25.1. The van der Waals surface area contributed by atoms with Gasteiger partial charge >= 0.3 is 0 Å². The van der Waals surface area contributed by atoms with Gasteiger partial charge in [-0.15, -0.1) is 0 Å². The number of nitrogens with zero attached hydrogens (tertiary/aromatic N) is 1. The Labute approximate surface area is 142 Å². The number of hydrogen-bond donors (Lipinski definition) is 1. The van der Waals surface area contributed by atoms with Crippen molar-refractivity contribution in [2.45, 2.75) is 26.7 Å². The molecule has 0 bridgehead atoms. The molecule has 0 radical (unpaired) electrons. The number of amides is 2. The van der Waals surface area contributed by atoms with Crippen LogP contribution in [-0.2, 0) is 9.59 Å². The maximum Gasteiger partial charge on any atom is 0.223 e. The van der Waals surface area contributed by atoms with Crippen LogP contribution in [0.2, 0.25) is 0 Å². The third kappa shape index (κ3) is 5.04. The number of methoxy groups -OCH3 is 3. The Morgan fingerprint density at radius 3 is 2.08 bits per heavy atom. The highest BCUT2D eigenvalue weighted by Crippen LogP contribution is 2.41. The summed E-state index contributed by atoms with van der Waals surface area (Å²) >= 11 is 0. The first-order valence-corrected chi connectivity index (χ1v) is 7.83. The summed E-state index contributed by atoms with van der Waals surface area (Å²) in [6.45, 7) is 4.13. The van der Waals surface area contributed by atoms with E-state index in [0.717, 1.165) is 6.42 Å². The molecule has 1 aromatic carbocycles. The first-order chi connectivity index (χ1) is 11.5. The molecule has 0 atom stereocenters. The molecule has 0 spiro atoms. The molecule has 24 heavy (non-hydrogen) atoms. The van der Waals surface area contributed by atoms with Gasteiger partial charge in [0.2, 0.25) is 17.6 Å². The van der Waals surface area contributed by atoms with Gasteiger partial charge in [-0.1, -0.05) is 6.92 Å². The fourth-order valence-electron chi connectivity index (χ4n) is 2.31. The zero-order valence-corrected chi connectivity index (χ0v) is 15.0. The van der Waals surface area contributed by atoms with Crippen LogP contribution in [-0.4, -0.2) is 46.2 Å². The predicted molar refractivity (Wildman–Crippen MR) is 92.0 cm³/mol. The van der Waals surface area contributed by atoms with E-state index in [-0.39, 0.29) is 11.8 Å². The van der Waals surface area contributed by atoms with Crippen LogP contribution in [0.4, 0.5) is 5.69 Å². The summed E-state index contributed by atoms with van der Waals surface area (Å²) in [6, 6.07) is 3.41. The van der Waals surface area contributed by atoms with Crippen molar-refractivity contribution < 1.29 is 23.8 Å². The van der Waals surface area contributed by atoms with Crippen LogP contribution in [0.1, 0.15) is 26.7 Å². The monoisotopic (exact) mass is 338 g/mol. The van der Waals surface area contributed by atoms with Crippen molar-refractivity contribution in [3.8, 4) is 17.2 Å². The fourth-order valence-corrected chi connectivity index (χ4v) is 2.31. The molecule has 0 aromatic heterocycles. The van der Waals surface area contributed by atoms with Crippen LogP contribution in [0.15, 0.2) is 12.1 Å². The van der Waals surface area contributed by atoms with Gasteiger partial charge in [-0.2, -0.15) is 0 Å². The fraction of sp³-hybridized carbons (Fsp3) is 0.529. The molecule has 0 aliphatic rings. The second kappa shape index (κ2) is 9.64. The van der Waals surface area contributed by atoms with Crippen LogP contribution >= 0.6 is 0 Å². The molecule has 7 nitrogen and oxygen atoms in total. The van der Waals surface area contributed by atoms with E-state index in [1.807, 2.05) is 6.92 Å². The molecule has 0 heterocycles. The molecule has 0 unspecified atom stereocenters. The van der Waals surface area contributed by atoms with Crippen molar-refractivity contribution in [2.24, 2.45) is 0 Å². The SMILES string of the molecule is CCCC(=O)NCCN(C(C)=O)c1cc(OC)c(OC)c(OC)c1. The minimum atomic E-state index is -0.144. The van der Waals surface area contributed by atoms with E-state index < -0.39 is 0 Å². The molecular formula is C17H26N2O5. The molecule has 2 amide bonds. The molecular weight excluding hydrogens is 312 g/mol. The van der Waals surface area contributed by atoms with Crippen LogP contribution in [0.25, 0.3) is 0 Å². The summed E-state index contributed by atoms with van der Waals surface area (Å²) in [7, 11) is 4.56. The highest BCUT2D eigenvalue weighted by molar-refractivity contribution is 5.92. The lowest BCUT2D eigenvalue weighted by Crippen LogP contribution is -2.37. The Balaban J connectivity index is 2.99. The second-order valence-corrected chi connectivity index (χ2v) is 5.15. The third-order valence-corrected chi connectivity index (χ3v) is 3.48. The van der Waals surface area contributed by atoms with Gasteiger partial charge in [0.15, 0.2) is 11.5 Å². The number of ether oxygens (including phenoxy) is 3. The first kappa shape index (κ1) is 19.6. The van der Waals surface area contributed by atoms with Crippen molar-refractivity contribution in [3.05, 3.63) is 12.1 Å². The minimum Gasteiger partial charge on any atom is -0.493 e. The van der Waals surface area contributed by atoms with Gasteiger partial charge in [-0.05, 0) is 6.42 Å². The number of nitrogens with one attached hydrogen (secondary N) is 1. The van der Waals surface area contributed by atoms with Gasteiger partial charge in [0.1, 0.15) is 0 Å². The number of carbonyl (C=O) groups excluding carboxylic acids is 2. The molecule has 1 rings (SSSR count). The van der Waals surface area contributed by atoms with Crippen molar-refractivity contribution in [2.75, 3.05) is 39.3 Å². The number of hydrogen-bond acceptors (Lipinski definition) is 5. The lowest BCUT2D eigenvalue weighted by molar-refractivity contribution is -0.121. The highest BCUT2D eigenvalue weighted by Gasteiger charge is 2.19. The molecule has 0 saturated heterocycles. The number of rotatable bonds is 9. The average molecular weight is 338 g/mol. The lowest BCUT2D eigenvalue weighted by Gasteiger charge is -2.23. The molecule has 1 aromatic rings. The Morgan fingerprint density at radius 2 is 1.67 bits per heavy atom. The first-order valence-electron chi connectivity index (χ1n) is 7.83. The molecule has 0 aliphatic heterocycles. The van der Waals surface area contributed by atoms with Crippen LogP contribution < -0.4 is 24.4 Å². The predicted octanol–water partition coefficient (Wildman–Crippen LogP) is 1.98. The van der Waals surface area contributed by atoms with Gasteiger partial charge in [-0.3, -0.25) is 9.59 Å². The summed E-state index contributed by atoms with van der Waals surface area (Å²) in [5.41, 5.74) is 0.613. The molecule has 0 aliphatic carbocycles. The number of anilines is 1. The second-order valence-electron chi connectivity index (χ2n) is 5.15. The Bertz CT molecular complexity index is 549. The Morgan fingerprint density at radius 1 is 1.08 bits per heavy atom. The summed E-state index contributed by atoms with van der Waals surface area (Å²) < 4.78 is 15.9. The van der Waals surface area contributed by atoms with E-state index in [2.05, 4.69) is 5.32 Å². The van der Waals surface area contributed by atoms with Crippen molar-refractivity contribution >= 4 is 17.5 Å². The van der Waals surface area contributed by atoms with Gasteiger partial charge in [0, 0.05) is 38.6 Å². The van der Waals surface area contributed by atoms with E-state index in [1.54, 1.807) is 17.0 Å². The zero-order chi connectivity index (χ0) is 18.1. The van der Waals surface area contributed by atoms with E-state index >= 15 is 0 Å². The normalized spacial score (nSPS) is 10.0. The van der Waals surface area contributed by atoms with Gasteiger partial charge in [-0.25, -0.2) is 0 Å². The number of benzene rings is 1.